The topological polar surface area (TPSA) is 66.9 Å². The second kappa shape index (κ2) is 10.3. The second-order valence-corrected chi connectivity index (χ2v) is 10.2. The first-order valence-corrected chi connectivity index (χ1v) is 12.5. The maximum atomic E-state index is 13.1. The summed E-state index contributed by atoms with van der Waals surface area (Å²) in [5.74, 6) is -0.0459. The van der Waals surface area contributed by atoms with Crippen molar-refractivity contribution in [2.45, 2.75) is 25.0 Å². The van der Waals surface area contributed by atoms with Gasteiger partial charge in [0.2, 0.25) is 5.91 Å². The number of hydrogen-bond donors (Lipinski definition) is 0. The monoisotopic (exact) mass is 484 g/mol. The molecule has 0 radical (unpaired) electrons. The third-order valence-electron chi connectivity index (χ3n) is 5.36. The second-order valence-electron chi connectivity index (χ2n) is 7.83. The summed E-state index contributed by atoms with van der Waals surface area (Å²) in [7, 11) is -1.70. The molecule has 1 unspecified atom stereocenters. The van der Waals surface area contributed by atoms with Crippen LogP contribution in [0.4, 0.5) is 0 Å². The molecule has 2 atom stereocenters. The van der Waals surface area contributed by atoms with Crippen LogP contribution in [0.1, 0.15) is 23.6 Å². The molecule has 31 heavy (non-hydrogen) atoms. The van der Waals surface area contributed by atoms with Crippen molar-refractivity contribution in [3.63, 3.8) is 0 Å². The first-order valence-electron chi connectivity index (χ1n) is 9.97. The van der Waals surface area contributed by atoms with Gasteiger partial charge in [0.05, 0.1) is 34.9 Å². The summed E-state index contributed by atoms with van der Waals surface area (Å²) < 4.78 is 28.0. The average Bonchev–Trinajstić information content (AvgIpc) is 3.14. The van der Waals surface area contributed by atoms with Crippen molar-refractivity contribution in [1.82, 2.24) is 9.80 Å². The standard InChI is InChI=1S/C22H26Cl2N2O4S/c1-25(22(27)13-16-8-9-19(23)20(24)12-16)21(17-6-4-3-5-7-17)15-26-11-10-18(14-26)30-31(2,28)29/h3-9,12,18,21H,10-11,13-15H2,1-2H3/t18-,21?/m1/s1. The van der Waals surface area contributed by atoms with E-state index in [4.69, 9.17) is 27.4 Å². The van der Waals surface area contributed by atoms with Gasteiger partial charge in [0.15, 0.2) is 0 Å². The van der Waals surface area contributed by atoms with E-state index in [9.17, 15) is 13.2 Å². The lowest BCUT2D eigenvalue weighted by atomic mass is 10.0. The molecule has 0 spiro atoms. The molecule has 0 saturated carbocycles. The van der Waals surface area contributed by atoms with Gasteiger partial charge in [-0.05, 0) is 29.7 Å². The Morgan fingerprint density at radius 3 is 2.55 bits per heavy atom. The molecule has 0 aliphatic carbocycles. The Bertz CT molecular complexity index is 1020. The predicted molar refractivity (Wildman–Crippen MR) is 123 cm³/mol. The van der Waals surface area contributed by atoms with E-state index in [-0.39, 0.29) is 24.5 Å². The van der Waals surface area contributed by atoms with Gasteiger partial charge in [-0.1, -0.05) is 59.6 Å². The average molecular weight is 485 g/mol. The van der Waals surface area contributed by atoms with Crippen LogP contribution in [-0.4, -0.2) is 63.2 Å². The number of carbonyl (C=O) groups excluding carboxylic acids is 1. The Morgan fingerprint density at radius 1 is 1.19 bits per heavy atom. The van der Waals surface area contributed by atoms with Gasteiger partial charge >= 0.3 is 0 Å². The Balaban J connectivity index is 1.73. The maximum Gasteiger partial charge on any atom is 0.264 e. The van der Waals surface area contributed by atoms with Crippen molar-refractivity contribution in [2.24, 2.45) is 0 Å². The minimum Gasteiger partial charge on any atom is -0.337 e. The zero-order chi connectivity index (χ0) is 22.6. The van der Waals surface area contributed by atoms with E-state index in [2.05, 4.69) is 4.90 Å². The number of halogens is 2. The summed E-state index contributed by atoms with van der Waals surface area (Å²) in [6.45, 7) is 1.79. The normalized spacial score (nSPS) is 18.1. The summed E-state index contributed by atoms with van der Waals surface area (Å²) in [5, 5.41) is 0.872. The molecule has 0 N–H and O–H groups in total. The van der Waals surface area contributed by atoms with Gasteiger partial charge in [0.1, 0.15) is 0 Å². The highest BCUT2D eigenvalue weighted by Gasteiger charge is 2.30. The molecular weight excluding hydrogens is 459 g/mol. The third kappa shape index (κ3) is 6.92. The fourth-order valence-electron chi connectivity index (χ4n) is 3.78. The summed E-state index contributed by atoms with van der Waals surface area (Å²) >= 11 is 12.1. The van der Waals surface area contributed by atoms with Gasteiger partial charge in [-0.25, -0.2) is 0 Å². The number of likely N-dealkylation sites (N-methyl/N-ethyl adjacent to an activating group) is 1. The number of likely N-dealkylation sites (tertiary alicyclic amines) is 1. The Labute approximate surface area is 193 Å². The number of benzene rings is 2. The molecule has 1 fully saturated rings. The molecule has 1 heterocycles. The summed E-state index contributed by atoms with van der Waals surface area (Å²) in [6.07, 6.45) is 1.55. The number of rotatable bonds is 8. The molecule has 1 saturated heterocycles. The molecule has 6 nitrogen and oxygen atoms in total. The summed E-state index contributed by atoms with van der Waals surface area (Å²) in [5.41, 5.74) is 1.81. The fourth-order valence-corrected chi connectivity index (χ4v) is 4.75. The van der Waals surface area contributed by atoms with Crippen LogP contribution in [0.5, 0.6) is 0 Å². The van der Waals surface area contributed by atoms with E-state index in [0.717, 1.165) is 17.4 Å². The largest absolute Gasteiger partial charge is 0.337 e. The lowest BCUT2D eigenvalue weighted by Crippen LogP contribution is -2.39. The minimum atomic E-state index is -3.49. The first-order chi connectivity index (χ1) is 14.6. The van der Waals surface area contributed by atoms with Gasteiger partial charge in [-0.15, -0.1) is 0 Å². The highest BCUT2D eigenvalue weighted by atomic mass is 35.5. The van der Waals surface area contributed by atoms with Crippen LogP contribution in [0.2, 0.25) is 10.0 Å². The molecule has 1 amide bonds. The molecule has 9 heteroatoms. The van der Waals surface area contributed by atoms with Gasteiger partial charge in [-0.3, -0.25) is 13.9 Å². The van der Waals surface area contributed by atoms with Crippen LogP contribution < -0.4 is 0 Å². The van der Waals surface area contributed by atoms with Crippen molar-refractivity contribution < 1.29 is 17.4 Å². The molecule has 2 aromatic rings. The van der Waals surface area contributed by atoms with Crippen molar-refractivity contribution in [3.8, 4) is 0 Å². The fraction of sp³-hybridized carbons (Fsp3) is 0.409. The lowest BCUT2D eigenvalue weighted by molar-refractivity contribution is -0.131. The van der Waals surface area contributed by atoms with E-state index in [0.29, 0.717) is 36.1 Å². The minimum absolute atomic E-state index is 0.0459. The van der Waals surface area contributed by atoms with Crippen LogP contribution in [0.15, 0.2) is 48.5 Å². The van der Waals surface area contributed by atoms with Crippen LogP contribution in [0, 0.1) is 0 Å². The number of hydrogen-bond acceptors (Lipinski definition) is 5. The zero-order valence-corrected chi connectivity index (χ0v) is 19.8. The zero-order valence-electron chi connectivity index (χ0n) is 17.5. The Hall–Kier alpha value is -1.64. The summed E-state index contributed by atoms with van der Waals surface area (Å²) in [6, 6.07) is 14.8. The molecule has 3 rings (SSSR count). The Morgan fingerprint density at radius 2 is 1.90 bits per heavy atom. The van der Waals surface area contributed by atoms with Crippen LogP contribution in [0.3, 0.4) is 0 Å². The molecule has 1 aliphatic heterocycles. The molecule has 2 aromatic carbocycles. The van der Waals surface area contributed by atoms with Crippen molar-refractivity contribution in [1.29, 1.82) is 0 Å². The quantitative estimate of drug-likeness (QED) is 0.533. The predicted octanol–water partition coefficient (Wildman–Crippen LogP) is 3.79. The smallest absolute Gasteiger partial charge is 0.264 e. The van der Waals surface area contributed by atoms with E-state index < -0.39 is 10.1 Å². The molecule has 168 valence electrons. The number of nitrogens with zero attached hydrogens (tertiary/aromatic N) is 2. The van der Waals surface area contributed by atoms with E-state index in [1.54, 1.807) is 30.1 Å². The van der Waals surface area contributed by atoms with Crippen molar-refractivity contribution in [3.05, 3.63) is 69.7 Å². The SMILES string of the molecule is CN(C(=O)Cc1ccc(Cl)c(Cl)c1)C(CN1CC[C@@H](OS(C)(=O)=O)C1)c1ccccc1. The molecule has 0 bridgehead atoms. The third-order valence-corrected chi connectivity index (χ3v) is 6.72. The van der Waals surface area contributed by atoms with Gasteiger partial charge in [-0.2, -0.15) is 8.42 Å². The molecule has 0 aromatic heterocycles. The van der Waals surface area contributed by atoms with E-state index >= 15 is 0 Å². The first kappa shape index (κ1) is 24.0. The van der Waals surface area contributed by atoms with Crippen molar-refractivity contribution in [2.75, 3.05) is 32.9 Å². The van der Waals surface area contributed by atoms with Gasteiger partial charge in [0.25, 0.3) is 10.1 Å². The highest BCUT2D eigenvalue weighted by Crippen LogP contribution is 2.26. The van der Waals surface area contributed by atoms with E-state index in [1.165, 1.54) is 0 Å². The lowest BCUT2D eigenvalue weighted by Gasteiger charge is -2.32. The van der Waals surface area contributed by atoms with Gasteiger partial charge < -0.3 is 4.90 Å². The van der Waals surface area contributed by atoms with Crippen LogP contribution in [0.25, 0.3) is 0 Å². The maximum absolute atomic E-state index is 13.1. The highest BCUT2D eigenvalue weighted by molar-refractivity contribution is 7.86. The number of carbonyl (C=O) groups is 1. The van der Waals surface area contributed by atoms with Crippen LogP contribution >= 0.6 is 23.2 Å². The molecular formula is C22H26Cl2N2O4S. The van der Waals surface area contributed by atoms with E-state index in [1.807, 2.05) is 30.3 Å². The van der Waals surface area contributed by atoms with Crippen molar-refractivity contribution >= 4 is 39.2 Å². The van der Waals surface area contributed by atoms with Gasteiger partial charge in [0, 0.05) is 26.7 Å². The molecule has 1 aliphatic rings. The van der Waals surface area contributed by atoms with Crippen LogP contribution in [-0.2, 0) is 25.5 Å². The summed E-state index contributed by atoms with van der Waals surface area (Å²) in [4.78, 5) is 17.0. The Kier molecular flexibility index (Phi) is 7.99. The number of amides is 1.